The van der Waals surface area contributed by atoms with Crippen molar-refractivity contribution in [2.45, 2.75) is 31.6 Å². The van der Waals surface area contributed by atoms with E-state index in [9.17, 15) is 18.0 Å². The lowest BCUT2D eigenvalue weighted by molar-refractivity contribution is -0.137. The van der Waals surface area contributed by atoms with Crippen LogP contribution in [0.25, 0.3) is 0 Å². The zero-order valence-electron chi connectivity index (χ0n) is 16.7. The molecule has 1 amide bonds. The number of halogens is 3. The maximum absolute atomic E-state index is 12.7. The summed E-state index contributed by atoms with van der Waals surface area (Å²) < 4.78 is 40.0. The van der Waals surface area contributed by atoms with Crippen molar-refractivity contribution in [3.63, 3.8) is 0 Å². The number of carbonyl (C=O) groups is 1. The van der Waals surface area contributed by atoms with E-state index in [1.165, 1.54) is 18.3 Å². The minimum Gasteiger partial charge on any atom is -0.307 e. The Labute approximate surface area is 177 Å². The Morgan fingerprint density at radius 2 is 1.81 bits per heavy atom. The van der Waals surface area contributed by atoms with Crippen LogP contribution in [0.5, 0.6) is 0 Å². The molecule has 1 N–H and O–H groups in total. The minimum atomic E-state index is -4.31. The molecule has 0 aliphatic carbocycles. The number of hydrogen-bond acceptors (Lipinski definition) is 4. The van der Waals surface area contributed by atoms with E-state index in [2.05, 4.69) is 20.3 Å². The van der Waals surface area contributed by atoms with Gasteiger partial charge in [-0.25, -0.2) is 4.68 Å². The van der Waals surface area contributed by atoms with Gasteiger partial charge in [0.2, 0.25) is 0 Å². The Hall–Kier alpha value is -3.20. The third kappa shape index (κ3) is 5.11. The third-order valence-electron chi connectivity index (χ3n) is 5.43. The lowest BCUT2D eigenvalue weighted by Gasteiger charge is -2.32. The quantitative estimate of drug-likeness (QED) is 0.654. The maximum atomic E-state index is 12.7. The summed E-state index contributed by atoms with van der Waals surface area (Å²) in [4.78, 5) is 18.6. The summed E-state index contributed by atoms with van der Waals surface area (Å²) in [6, 6.07) is 10.6. The number of nitrogens with zero attached hydrogens (tertiary/aromatic N) is 4. The number of nitrogens with one attached hydrogen (secondary N) is 1. The number of pyridine rings is 1. The Morgan fingerprint density at radius 3 is 2.45 bits per heavy atom. The van der Waals surface area contributed by atoms with Gasteiger partial charge >= 0.3 is 6.18 Å². The fraction of sp³-hybridized carbons (Fsp3) is 0.318. The Kier molecular flexibility index (Phi) is 6.03. The van der Waals surface area contributed by atoms with Crippen LogP contribution in [0.4, 0.5) is 19.0 Å². The molecule has 3 heterocycles. The van der Waals surface area contributed by atoms with Gasteiger partial charge in [0.25, 0.3) is 5.91 Å². The molecule has 1 saturated heterocycles. The highest BCUT2D eigenvalue weighted by Gasteiger charge is 2.30. The minimum absolute atomic E-state index is 0.142. The topological polar surface area (TPSA) is 63.1 Å². The van der Waals surface area contributed by atoms with Crippen molar-refractivity contribution in [1.82, 2.24) is 19.7 Å². The van der Waals surface area contributed by atoms with Crippen LogP contribution in [0, 0.1) is 0 Å². The normalized spacial score (nSPS) is 15.7. The molecule has 0 atom stereocenters. The average Bonchev–Trinajstić information content (AvgIpc) is 3.23. The fourth-order valence-corrected chi connectivity index (χ4v) is 3.77. The maximum Gasteiger partial charge on any atom is 0.416 e. The first-order valence-electron chi connectivity index (χ1n) is 10.0. The molecule has 0 radical (unpaired) electrons. The molecule has 4 rings (SSSR count). The number of likely N-dealkylation sites (tertiary alicyclic amines) is 1. The molecule has 1 aromatic carbocycles. The van der Waals surface area contributed by atoms with E-state index in [0.717, 1.165) is 43.6 Å². The highest BCUT2D eigenvalue weighted by atomic mass is 19.4. The number of amides is 1. The molecule has 162 valence electrons. The molecule has 31 heavy (non-hydrogen) atoms. The van der Waals surface area contributed by atoms with Crippen LogP contribution in [0.15, 0.2) is 61.1 Å². The monoisotopic (exact) mass is 429 g/mol. The summed E-state index contributed by atoms with van der Waals surface area (Å²) in [5.74, 6) is 0.393. The lowest BCUT2D eigenvalue weighted by Crippen LogP contribution is -2.35. The van der Waals surface area contributed by atoms with Crippen LogP contribution < -0.4 is 5.32 Å². The number of alkyl halides is 3. The molecular formula is C22H22F3N5O. The summed E-state index contributed by atoms with van der Waals surface area (Å²) in [7, 11) is 0. The molecule has 1 fully saturated rings. The zero-order valence-corrected chi connectivity index (χ0v) is 16.7. The molecule has 6 nitrogen and oxygen atoms in total. The van der Waals surface area contributed by atoms with Gasteiger partial charge in [-0.05, 0) is 42.7 Å². The Morgan fingerprint density at radius 1 is 1.06 bits per heavy atom. The van der Waals surface area contributed by atoms with Crippen LogP contribution >= 0.6 is 0 Å². The second-order valence-corrected chi connectivity index (χ2v) is 7.56. The van der Waals surface area contributed by atoms with Crippen LogP contribution in [0.3, 0.4) is 0 Å². The summed E-state index contributed by atoms with van der Waals surface area (Å²) in [6.07, 6.45) is 2.13. The van der Waals surface area contributed by atoms with Gasteiger partial charge in [-0.1, -0.05) is 12.1 Å². The Balaban J connectivity index is 1.33. The summed E-state index contributed by atoms with van der Waals surface area (Å²) in [5, 5.41) is 7.28. The molecule has 9 heteroatoms. The second kappa shape index (κ2) is 8.89. The van der Waals surface area contributed by atoms with Gasteiger partial charge in [0.1, 0.15) is 5.82 Å². The van der Waals surface area contributed by atoms with Crippen molar-refractivity contribution >= 4 is 11.7 Å². The van der Waals surface area contributed by atoms with Crippen LogP contribution in [-0.4, -0.2) is 38.7 Å². The molecule has 0 saturated carbocycles. The van der Waals surface area contributed by atoms with E-state index >= 15 is 0 Å². The number of anilines is 1. The van der Waals surface area contributed by atoms with Crippen molar-refractivity contribution in [3.8, 4) is 0 Å². The highest BCUT2D eigenvalue weighted by molar-refractivity contribution is 6.03. The average molecular weight is 429 g/mol. The molecule has 1 aliphatic rings. The van der Waals surface area contributed by atoms with Crippen LogP contribution in [-0.2, 0) is 12.7 Å². The number of piperidine rings is 1. The number of carbonyl (C=O) groups excluding carboxylic acids is 1. The largest absolute Gasteiger partial charge is 0.416 e. The van der Waals surface area contributed by atoms with E-state index in [1.807, 2.05) is 4.68 Å². The van der Waals surface area contributed by atoms with Crippen molar-refractivity contribution < 1.29 is 18.0 Å². The first-order chi connectivity index (χ1) is 14.9. The van der Waals surface area contributed by atoms with Crippen LogP contribution in [0.2, 0.25) is 0 Å². The van der Waals surface area contributed by atoms with E-state index < -0.39 is 11.7 Å². The number of aromatic nitrogens is 3. The third-order valence-corrected chi connectivity index (χ3v) is 5.43. The van der Waals surface area contributed by atoms with Gasteiger partial charge in [-0.2, -0.15) is 18.3 Å². The number of hydrogen-bond donors (Lipinski definition) is 1. The number of rotatable bonds is 5. The lowest BCUT2D eigenvalue weighted by atomic mass is 10.0. The summed E-state index contributed by atoms with van der Waals surface area (Å²) in [5.41, 5.74) is 0.700. The second-order valence-electron chi connectivity index (χ2n) is 7.56. The zero-order chi connectivity index (χ0) is 21.8. The van der Waals surface area contributed by atoms with E-state index in [1.54, 1.807) is 30.6 Å². The van der Waals surface area contributed by atoms with Crippen molar-refractivity contribution in [2.75, 3.05) is 18.4 Å². The summed E-state index contributed by atoms with van der Waals surface area (Å²) >= 11 is 0. The van der Waals surface area contributed by atoms with Crippen LogP contribution in [0.1, 0.15) is 40.4 Å². The fourth-order valence-electron chi connectivity index (χ4n) is 3.77. The van der Waals surface area contributed by atoms with Crippen molar-refractivity contribution in [1.29, 1.82) is 0 Å². The molecule has 0 bridgehead atoms. The van der Waals surface area contributed by atoms with Gasteiger partial charge in [-0.3, -0.25) is 14.7 Å². The van der Waals surface area contributed by atoms with Crippen molar-refractivity contribution in [3.05, 3.63) is 77.7 Å². The highest BCUT2D eigenvalue weighted by Crippen LogP contribution is 2.30. The Bertz CT molecular complexity index is 1010. The predicted molar refractivity (Wildman–Crippen MR) is 109 cm³/mol. The molecule has 0 spiro atoms. The predicted octanol–water partition coefficient (Wildman–Crippen LogP) is 4.39. The van der Waals surface area contributed by atoms with E-state index in [-0.39, 0.29) is 11.9 Å². The van der Waals surface area contributed by atoms with Crippen molar-refractivity contribution in [2.24, 2.45) is 0 Å². The van der Waals surface area contributed by atoms with Gasteiger partial charge in [-0.15, -0.1) is 0 Å². The molecule has 2 aromatic heterocycles. The van der Waals surface area contributed by atoms with E-state index in [4.69, 9.17) is 0 Å². The smallest absolute Gasteiger partial charge is 0.307 e. The summed E-state index contributed by atoms with van der Waals surface area (Å²) in [6.45, 7) is 2.19. The van der Waals surface area contributed by atoms with Gasteiger partial charge in [0, 0.05) is 38.1 Å². The molecular weight excluding hydrogens is 407 g/mol. The first kappa shape index (κ1) is 21.0. The van der Waals surface area contributed by atoms with Gasteiger partial charge in [0.15, 0.2) is 0 Å². The molecule has 0 unspecified atom stereocenters. The SMILES string of the molecule is O=C(Nc1ccnn1C1CCN(Cc2ccc(C(F)(F)F)cc2)CC1)c1cccnc1. The molecule has 1 aliphatic heterocycles. The standard InChI is InChI=1S/C22H22F3N5O/c23-22(24,25)18-5-3-16(4-6-18)15-29-12-8-19(9-13-29)30-20(7-11-27-30)28-21(31)17-2-1-10-26-14-17/h1-7,10-11,14,19H,8-9,12-13,15H2,(H,28,31). The van der Waals surface area contributed by atoms with E-state index in [0.29, 0.717) is 17.9 Å². The van der Waals surface area contributed by atoms with Gasteiger partial charge < -0.3 is 5.32 Å². The molecule has 3 aromatic rings. The number of benzene rings is 1. The first-order valence-corrected chi connectivity index (χ1v) is 10.0. The van der Waals surface area contributed by atoms with Gasteiger partial charge in [0.05, 0.1) is 23.4 Å².